The van der Waals surface area contributed by atoms with E-state index in [4.69, 9.17) is 4.84 Å². The van der Waals surface area contributed by atoms with Gasteiger partial charge in [-0.25, -0.2) is 9.88 Å². The van der Waals surface area contributed by atoms with Crippen LogP contribution in [0.15, 0.2) is 42.5 Å². The summed E-state index contributed by atoms with van der Waals surface area (Å²) in [5, 5.41) is 1.83. The maximum absolute atomic E-state index is 12.8. The minimum absolute atomic E-state index is 0.127. The number of amides is 2. The summed E-state index contributed by atoms with van der Waals surface area (Å²) in [4.78, 5) is 53.7. The minimum Gasteiger partial charge on any atom is -0.368 e. The summed E-state index contributed by atoms with van der Waals surface area (Å²) < 4.78 is 0. The number of fused-ring (bicyclic) bond motifs is 1. The number of carbonyl (C=O) groups is 3. The van der Waals surface area contributed by atoms with Crippen LogP contribution >= 0.6 is 0 Å². The van der Waals surface area contributed by atoms with E-state index in [1.54, 1.807) is 30.3 Å². The summed E-state index contributed by atoms with van der Waals surface area (Å²) >= 11 is 0. The largest absolute Gasteiger partial charge is 0.368 e. The molecule has 3 aliphatic heterocycles. The number of hydrogen-bond donors (Lipinski definition) is 0. The Morgan fingerprint density at radius 3 is 2.24 bits per heavy atom. The van der Waals surface area contributed by atoms with Crippen molar-refractivity contribution in [3.05, 3.63) is 59.3 Å². The lowest BCUT2D eigenvalue weighted by molar-refractivity contribution is -0.197. The number of aromatic nitrogens is 1. The van der Waals surface area contributed by atoms with E-state index in [0.717, 1.165) is 77.2 Å². The highest BCUT2D eigenvalue weighted by Gasteiger charge is 2.37. The van der Waals surface area contributed by atoms with Crippen molar-refractivity contribution in [2.75, 3.05) is 50.7 Å². The number of piperazine rings is 1. The Balaban J connectivity index is 1.08. The average Bonchev–Trinajstić information content (AvgIpc) is 3.18. The van der Waals surface area contributed by atoms with Gasteiger partial charge in [-0.05, 0) is 43.5 Å². The number of anilines is 1. The van der Waals surface area contributed by atoms with Crippen LogP contribution in [0.1, 0.15) is 59.0 Å². The molecule has 9 heteroatoms. The van der Waals surface area contributed by atoms with Crippen LogP contribution in [0.3, 0.4) is 0 Å². The molecule has 1 aromatic carbocycles. The van der Waals surface area contributed by atoms with E-state index in [1.807, 2.05) is 24.1 Å². The van der Waals surface area contributed by atoms with Gasteiger partial charge in [0.05, 0.1) is 11.1 Å². The van der Waals surface area contributed by atoms with Crippen molar-refractivity contribution in [3.8, 4) is 0 Å². The van der Waals surface area contributed by atoms with Crippen molar-refractivity contribution < 1.29 is 19.2 Å². The number of piperidine rings is 1. The molecule has 196 valence electrons. The molecule has 2 aromatic rings. The minimum atomic E-state index is -0.314. The van der Waals surface area contributed by atoms with Gasteiger partial charge >= 0.3 is 5.97 Å². The summed E-state index contributed by atoms with van der Waals surface area (Å²) in [6, 6.07) is 13.0. The summed E-state index contributed by atoms with van der Waals surface area (Å²) in [6.07, 6.45) is 4.10. The number of pyridine rings is 1. The fourth-order valence-corrected chi connectivity index (χ4v) is 5.45. The molecule has 3 aliphatic rings. The lowest BCUT2D eigenvalue weighted by Gasteiger charge is -2.42. The molecule has 0 unspecified atom stereocenters. The van der Waals surface area contributed by atoms with Crippen molar-refractivity contribution in [3.63, 3.8) is 0 Å². The normalized spacial score (nSPS) is 19.9. The highest BCUT2D eigenvalue weighted by molar-refractivity contribution is 6.34. The van der Waals surface area contributed by atoms with Crippen molar-refractivity contribution in [1.82, 2.24) is 19.8 Å². The third-order valence-electron chi connectivity index (χ3n) is 7.53. The molecular weight excluding hydrogens is 470 g/mol. The Labute approximate surface area is 217 Å². The Hall–Kier alpha value is -3.14. The number of nitrogens with zero attached hydrogens (tertiary/aromatic N) is 5. The standard InChI is InChI=1S/C28H35N5O4/c1-2-6-26(34)37-32-15-12-22(13-16-32)31-19-17-30(18-20-31)14-11-21-7-5-10-25(29-21)33-27(35)23-8-3-4-9-24(23)28(33)36/h3-5,7-10,22H,2,6,11-20H2,1H3. The molecular formula is C28H35N5O4. The zero-order chi connectivity index (χ0) is 25.8. The fraction of sp³-hybridized carbons (Fsp3) is 0.500. The first kappa shape index (κ1) is 25.5. The average molecular weight is 506 g/mol. The van der Waals surface area contributed by atoms with E-state index in [2.05, 4.69) is 14.8 Å². The van der Waals surface area contributed by atoms with Gasteiger partial charge in [0.1, 0.15) is 5.82 Å². The van der Waals surface area contributed by atoms with Gasteiger partial charge in [0.25, 0.3) is 11.8 Å². The first-order chi connectivity index (χ1) is 18.0. The highest BCUT2D eigenvalue weighted by atomic mass is 16.7. The molecule has 0 aliphatic carbocycles. The lowest BCUT2D eigenvalue weighted by Crippen LogP contribution is -2.53. The number of hydroxylamine groups is 2. The Bertz CT molecular complexity index is 1100. The Morgan fingerprint density at radius 1 is 0.919 bits per heavy atom. The van der Waals surface area contributed by atoms with Gasteiger partial charge in [0, 0.05) is 70.4 Å². The second kappa shape index (κ2) is 11.5. The monoisotopic (exact) mass is 505 g/mol. The van der Waals surface area contributed by atoms with Crippen LogP contribution in [0, 0.1) is 0 Å². The van der Waals surface area contributed by atoms with E-state index in [0.29, 0.717) is 29.4 Å². The van der Waals surface area contributed by atoms with E-state index in [1.165, 1.54) is 4.90 Å². The molecule has 0 saturated carbocycles. The lowest BCUT2D eigenvalue weighted by atomic mass is 10.0. The van der Waals surface area contributed by atoms with Crippen LogP contribution in [-0.2, 0) is 16.1 Å². The maximum Gasteiger partial charge on any atom is 0.325 e. The fourth-order valence-electron chi connectivity index (χ4n) is 5.45. The first-order valence-electron chi connectivity index (χ1n) is 13.4. The Kier molecular flexibility index (Phi) is 7.93. The summed E-state index contributed by atoms with van der Waals surface area (Å²) in [5.74, 6) is -0.365. The molecule has 1 aromatic heterocycles. The number of benzene rings is 1. The van der Waals surface area contributed by atoms with Gasteiger partial charge in [-0.3, -0.25) is 19.3 Å². The highest BCUT2D eigenvalue weighted by Crippen LogP contribution is 2.27. The number of hydrogen-bond acceptors (Lipinski definition) is 8. The summed E-state index contributed by atoms with van der Waals surface area (Å²) in [6.45, 7) is 8.54. The third kappa shape index (κ3) is 5.74. The van der Waals surface area contributed by atoms with E-state index in [9.17, 15) is 14.4 Å². The predicted molar refractivity (Wildman–Crippen MR) is 139 cm³/mol. The van der Waals surface area contributed by atoms with Crippen molar-refractivity contribution in [2.24, 2.45) is 0 Å². The van der Waals surface area contributed by atoms with Gasteiger partial charge in [-0.15, -0.1) is 5.06 Å². The predicted octanol–water partition coefficient (Wildman–Crippen LogP) is 2.77. The topological polar surface area (TPSA) is 86.3 Å². The molecule has 0 radical (unpaired) electrons. The van der Waals surface area contributed by atoms with Crippen LogP contribution in [0.25, 0.3) is 0 Å². The van der Waals surface area contributed by atoms with Gasteiger partial charge < -0.3 is 9.74 Å². The second-order valence-corrected chi connectivity index (χ2v) is 9.98. The molecule has 9 nitrogen and oxygen atoms in total. The summed E-state index contributed by atoms with van der Waals surface area (Å²) in [7, 11) is 0. The smallest absolute Gasteiger partial charge is 0.325 e. The molecule has 2 saturated heterocycles. The number of imide groups is 1. The van der Waals surface area contributed by atoms with Crippen molar-refractivity contribution in [2.45, 2.75) is 45.1 Å². The van der Waals surface area contributed by atoms with Gasteiger partial charge in [0.15, 0.2) is 0 Å². The van der Waals surface area contributed by atoms with E-state index in [-0.39, 0.29) is 17.8 Å². The molecule has 0 spiro atoms. The number of rotatable bonds is 8. The molecule has 4 heterocycles. The van der Waals surface area contributed by atoms with Crippen LogP contribution in [0.2, 0.25) is 0 Å². The van der Waals surface area contributed by atoms with Gasteiger partial charge in [-0.1, -0.05) is 25.1 Å². The molecule has 37 heavy (non-hydrogen) atoms. The van der Waals surface area contributed by atoms with Crippen molar-refractivity contribution >= 4 is 23.6 Å². The SMILES string of the molecule is CCCC(=O)ON1CCC(N2CCN(CCc3cccc(N4C(=O)c5ccccc5C4=O)n3)CC2)CC1. The zero-order valence-corrected chi connectivity index (χ0v) is 21.5. The molecule has 2 amide bonds. The van der Waals surface area contributed by atoms with Gasteiger partial charge in [0.2, 0.25) is 0 Å². The zero-order valence-electron chi connectivity index (χ0n) is 21.5. The maximum atomic E-state index is 12.8. The summed E-state index contributed by atoms with van der Waals surface area (Å²) in [5.41, 5.74) is 1.74. The Morgan fingerprint density at radius 2 is 1.59 bits per heavy atom. The molecule has 0 N–H and O–H groups in total. The van der Waals surface area contributed by atoms with Crippen LogP contribution in [0.5, 0.6) is 0 Å². The quantitative estimate of drug-likeness (QED) is 0.507. The van der Waals surface area contributed by atoms with E-state index >= 15 is 0 Å². The molecule has 0 bridgehead atoms. The van der Waals surface area contributed by atoms with Crippen LogP contribution in [0.4, 0.5) is 5.82 Å². The first-order valence-corrected chi connectivity index (χ1v) is 13.4. The van der Waals surface area contributed by atoms with Crippen molar-refractivity contribution in [1.29, 1.82) is 0 Å². The van der Waals surface area contributed by atoms with E-state index < -0.39 is 0 Å². The van der Waals surface area contributed by atoms with Gasteiger partial charge in [-0.2, -0.15) is 0 Å². The number of carbonyl (C=O) groups excluding carboxylic acids is 3. The van der Waals surface area contributed by atoms with Crippen LogP contribution < -0.4 is 4.90 Å². The second-order valence-electron chi connectivity index (χ2n) is 9.98. The molecule has 0 atom stereocenters. The third-order valence-corrected chi connectivity index (χ3v) is 7.53. The molecule has 5 rings (SSSR count). The van der Waals surface area contributed by atoms with Crippen LogP contribution in [-0.4, -0.2) is 89.5 Å². The molecule has 2 fully saturated rings.